The molecule has 0 bridgehead atoms. The number of guanidine groups is 2. The molecule has 4 fully saturated rings. The van der Waals surface area contributed by atoms with E-state index in [1.165, 1.54) is 236 Å². The Morgan fingerprint density at radius 3 is 0.689 bits per heavy atom. The topological polar surface area (TPSA) is 77.9 Å². The molecule has 0 N–H and O–H groups in total. The Bertz CT molecular complexity index is 3490. The van der Waals surface area contributed by atoms with E-state index in [0.29, 0.717) is 71.5 Å². The van der Waals surface area contributed by atoms with Crippen LogP contribution in [0.1, 0.15) is 410 Å². The van der Waals surface area contributed by atoms with Gasteiger partial charge in [-0.3, -0.25) is 17.6 Å². The molecule has 0 unspecified atom stereocenters. The number of para-hydroxylation sites is 4. The molecule has 0 saturated heterocycles. The molecule has 0 atom stereocenters. The van der Waals surface area contributed by atoms with Crippen LogP contribution < -0.4 is 9.47 Å². The van der Waals surface area contributed by atoms with Crippen molar-refractivity contribution in [2.24, 2.45) is 9.98 Å². The van der Waals surface area contributed by atoms with Gasteiger partial charge in [0.2, 0.25) is 0 Å². The summed E-state index contributed by atoms with van der Waals surface area (Å²) in [4.78, 5) is 16.9. The maximum absolute atomic E-state index is 12.5. The fraction of sp³-hybridized carbons (Fsp3) is 0.620. The van der Waals surface area contributed by atoms with Gasteiger partial charge in [0, 0.05) is 11.9 Å². The van der Waals surface area contributed by atoms with Gasteiger partial charge in [-0.05, 0) is 190 Å². The second kappa shape index (κ2) is 57.8. The second-order valence-corrected chi connectivity index (χ2v) is 34.6. The molecular weight excluding hydrogens is 1890 g/mol. The number of aliphatic imine (C=N–C) groups is 2. The molecule has 8 nitrogen and oxygen atoms in total. The molecular formula is C100H146F8In2N6O2Pt. The Morgan fingerprint density at radius 1 is 0.336 bits per heavy atom. The summed E-state index contributed by atoms with van der Waals surface area (Å²) in [6.45, 7) is 45.8. The third kappa shape index (κ3) is 33.3. The summed E-state index contributed by atoms with van der Waals surface area (Å²) in [7, 11) is 1.81. The van der Waals surface area contributed by atoms with E-state index >= 15 is 0 Å². The zero-order valence-electron chi connectivity index (χ0n) is 76.6. The number of hydrogen-bond acceptors (Lipinski definition) is 4. The number of unbranched alkanes of at least 4 members (excludes halogenated alkanes) is 6. The van der Waals surface area contributed by atoms with Crippen LogP contribution in [0.3, 0.4) is 0 Å². The largest absolute Gasteiger partial charge is 2.00 e. The standard InChI is InChI=1S/2C37H56N3.2C7H3F4O.2C6H14.2In.Pt/c2*1-25(2)31-21-15-22-32(26(3)4)35(31)38-37(39-36-33(27(5)6)23-16-24-34(36)28(7)8)40(29-17-11-9-12-18-29)30-19-13-10-14-20-30;2*1-12-7-5(10)3(8)2-4(9)6(7)11;2*1-3-5-6-4-2;;;/h2*15-16,21-30H,9-14,17-20H2,1-8H3;2*1H3;2*3-6H2,1-2H3;;;/q4*-1;;;2*+1;+2. The Kier molecular flexibility index (Phi) is 53.6. The van der Waals surface area contributed by atoms with Crippen molar-refractivity contribution in [2.75, 3.05) is 14.2 Å². The van der Waals surface area contributed by atoms with Gasteiger partial charge in [0.1, 0.15) is 0 Å². The third-order valence-electron chi connectivity index (χ3n) is 22.9. The summed E-state index contributed by atoms with van der Waals surface area (Å²) in [6.07, 6.45) is 37.2. The second-order valence-electron chi connectivity index (χ2n) is 34.6. The van der Waals surface area contributed by atoms with Gasteiger partial charge >= 0.3 is 72.8 Å². The van der Waals surface area contributed by atoms with Gasteiger partial charge in [0.15, 0.2) is 0 Å². The number of halogens is 8. The van der Waals surface area contributed by atoms with Gasteiger partial charge in [-0.15, -0.1) is 12.1 Å². The number of benzene rings is 6. The molecule has 660 valence electrons. The molecule has 0 aliphatic heterocycles. The van der Waals surface area contributed by atoms with Crippen LogP contribution in [0.2, 0.25) is 0 Å². The van der Waals surface area contributed by atoms with Crippen molar-refractivity contribution in [2.45, 2.75) is 390 Å². The van der Waals surface area contributed by atoms with Gasteiger partial charge in [0.05, 0.1) is 72.3 Å². The van der Waals surface area contributed by atoms with Crippen molar-refractivity contribution < 1.29 is 65.7 Å². The van der Waals surface area contributed by atoms with Crippen molar-refractivity contribution in [3.8, 4) is 11.5 Å². The SMILES string of the molecule is CC(C)c1cccc(C(C)C)c1N=C([N-]c1c(C(C)C)cccc1C(C)C)N(C1CCCCC1)C1CCCCC1.CC(C)c1cccc(C(C)C)c1N=C([N-]c1c(C(C)C)cccc1C(C)C)N(C1CCCCC1)C1CCCCC1.CCCCCC.CCCCCC.COc1c(F)c(F)[c-]c(F)c1F.COc1c(F)c(F)[c-]c(F)c1F.[In+].[In+].[Pt+2]. The molecule has 0 aromatic heterocycles. The molecule has 0 spiro atoms. The van der Waals surface area contributed by atoms with Gasteiger partial charge in [0.25, 0.3) is 0 Å². The first-order valence-corrected chi connectivity index (χ1v) is 44.6. The summed E-state index contributed by atoms with van der Waals surface area (Å²) in [5, 5.41) is 11.4. The van der Waals surface area contributed by atoms with Gasteiger partial charge in [-0.1, -0.05) is 340 Å². The normalized spacial score (nSPS) is 14.9. The Labute approximate surface area is 767 Å². The van der Waals surface area contributed by atoms with E-state index in [1.807, 2.05) is 0 Å². The molecule has 4 radical (unpaired) electrons. The van der Waals surface area contributed by atoms with Crippen LogP contribution >= 0.6 is 0 Å². The average Bonchev–Trinajstić information content (AvgIpc) is 0.783. The quantitative estimate of drug-likeness (QED) is 0.0151. The third-order valence-corrected chi connectivity index (χ3v) is 22.9. The summed E-state index contributed by atoms with van der Waals surface area (Å²) in [6, 6.07) is 31.8. The maximum atomic E-state index is 12.5. The predicted molar refractivity (Wildman–Crippen MR) is 484 cm³/mol. The van der Waals surface area contributed by atoms with Crippen LogP contribution in [0.25, 0.3) is 10.6 Å². The number of ether oxygens (including phenoxy) is 2. The van der Waals surface area contributed by atoms with Crippen molar-refractivity contribution in [3.63, 3.8) is 0 Å². The molecule has 10 rings (SSSR count). The van der Waals surface area contributed by atoms with Crippen molar-refractivity contribution in [1.29, 1.82) is 0 Å². The van der Waals surface area contributed by atoms with Crippen LogP contribution in [0.5, 0.6) is 11.5 Å². The van der Waals surface area contributed by atoms with Crippen LogP contribution in [0.15, 0.2) is 82.8 Å². The maximum Gasteiger partial charge on any atom is 2.00 e. The molecule has 4 aliphatic carbocycles. The number of rotatable bonds is 24. The number of nitrogens with zero attached hydrogens (tertiary/aromatic N) is 6. The molecule has 0 amide bonds. The van der Waals surface area contributed by atoms with E-state index < -0.39 is 58.0 Å². The zero-order valence-corrected chi connectivity index (χ0v) is 85.5. The molecule has 4 aliphatic rings. The first kappa shape index (κ1) is 110. The minimum atomic E-state index is -1.61. The molecule has 19 heteroatoms. The molecule has 6 aromatic rings. The molecule has 119 heavy (non-hydrogen) atoms. The molecule has 0 heterocycles. The smallest absolute Gasteiger partial charge is 0.516 e. The monoisotopic (exact) mass is 2040 g/mol. The van der Waals surface area contributed by atoms with Crippen molar-refractivity contribution >= 4 is 86.4 Å². The van der Waals surface area contributed by atoms with Crippen molar-refractivity contribution in [1.82, 2.24) is 9.80 Å². The Morgan fingerprint density at radius 2 is 0.521 bits per heavy atom. The van der Waals surface area contributed by atoms with E-state index in [4.69, 9.17) is 20.6 Å². The van der Waals surface area contributed by atoms with E-state index in [9.17, 15) is 35.1 Å². The van der Waals surface area contributed by atoms with E-state index in [2.05, 4.69) is 231 Å². The minimum absolute atomic E-state index is 0. The number of methoxy groups -OCH3 is 2. The van der Waals surface area contributed by atoms with Gasteiger partial charge < -0.3 is 39.9 Å². The Balaban J connectivity index is 0.000000561. The van der Waals surface area contributed by atoms with Crippen LogP contribution in [-0.2, 0) is 21.1 Å². The average molecular weight is 2040 g/mol. The fourth-order valence-corrected chi connectivity index (χ4v) is 16.3. The first-order valence-electron chi connectivity index (χ1n) is 44.6. The fourth-order valence-electron chi connectivity index (χ4n) is 16.3. The zero-order chi connectivity index (χ0) is 85.9. The number of hydrogen-bond donors (Lipinski definition) is 0. The molecule has 6 aromatic carbocycles. The minimum Gasteiger partial charge on any atom is -0.516 e. The van der Waals surface area contributed by atoms with Crippen LogP contribution in [0, 0.1) is 58.7 Å². The van der Waals surface area contributed by atoms with E-state index in [1.54, 1.807) is 0 Å². The summed E-state index contributed by atoms with van der Waals surface area (Å²) in [5.74, 6) is -9.71. The van der Waals surface area contributed by atoms with Crippen LogP contribution in [-0.4, -0.2) is 112 Å². The van der Waals surface area contributed by atoms with Crippen LogP contribution in [0.4, 0.5) is 57.9 Å². The summed E-state index contributed by atoms with van der Waals surface area (Å²) >= 11 is 0. The van der Waals surface area contributed by atoms with E-state index in [0.717, 1.165) is 48.9 Å². The van der Waals surface area contributed by atoms with Gasteiger partial charge in [-0.2, -0.15) is 0 Å². The van der Waals surface area contributed by atoms with Gasteiger partial charge in [-0.25, -0.2) is 17.6 Å². The van der Waals surface area contributed by atoms with Crippen molar-refractivity contribution in [3.05, 3.63) is 187 Å². The predicted octanol–water partition coefficient (Wildman–Crippen LogP) is 32.2. The Hall–Kier alpha value is -4.67. The summed E-state index contributed by atoms with van der Waals surface area (Å²) < 4.78 is 107. The summed E-state index contributed by atoms with van der Waals surface area (Å²) in [5.41, 5.74) is 15.4. The first-order chi connectivity index (χ1) is 55.3. The van der Waals surface area contributed by atoms with E-state index in [-0.39, 0.29) is 72.8 Å². The molecule has 4 saturated carbocycles.